The third-order valence-corrected chi connectivity index (χ3v) is 3.88. The minimum atomic E-state index is -1.00. The summed E-state index contributed by atoms with van der Waals surface area (Å²) in [5.74, 6) is -2.82. The molecular weight excluding hydrogens is 302 g/mol. The first-order valence-electron chi connectivity index (χ1n) is 7.01. The third kappa shape index (κ3) is 2.48. The zero-order chi connectivity index (χ0) is 16.7. The lowest BCUT2D eigenvalue weighted by atomic mass is 10.0. The standard InChI is InChI=1S/C15H13N3O5/c16-11(19)6-7-1-2-8-9(5-7)15(23)18(14(8)22)10-3-4-12(20)17-13(10)21/h1-2,5,10H,3-4,6H2,(H2,16,19)(H,17,20,21). The minimum absolute atomic E-state index is 0.0484. The molecule has 3 N–H and O–H groups in total. The smallest absolute Gasteiger partial charge is 0.262 e. The van der Waals surface area contributed by atoms with E-state index < -0.39 is 35.6 Å². The number of imide groups is 2. The highest BCUT2D eigenvalue weighted by molar-refractivity contribution is 6.23. The van der Waals surface area contributed by atoms with E-state index in [9.17, 15) is 24.0 Å². The van der Waals surface area contributed by atoms with Crippen LogP contribution in [0.5, 0.6) is 0 Å². The molecule has 0 saturated carbocycles. The molecule has 1 aromatic carbocycles. The average Bonchev–Trinajstić information content (AvgIpc) is 2.71. The molecule has 0 aromatic heterocycles. The maximum Gasteiger partial charge on any atom is 0.262 e. The van der Waals surface area contributed by atoms with Crippen molar-refractivity contribution in [2.24, 2.45) is 5.73 Å². The summed E-state index contributed by atoms with van der Waals surface area (Å²) in [5, 5.41) is 2.13. The Morgan fingerprint density at radius 3 is 2.52 bits per heavy atom. The molecule has 1 saturated heterocycles. The van der Waals surface area contributed by atoms with E-state index in [1.165, 1.54) is 12.1 Å². The first-order valence-corrected chi connectivity index (χ1v) is 7.01. The second kappa shape index (κ2) is 5.31. The van der Waals surface area contributed by atoms with Crippen LogP contribution in [0.15, 0.2) is 18.2 Å². The topological polar surface area (TPSA) is 127 Å². The second-order valence-corrected chi connectivity index (χ2v) is 5.47. The van der Waals surface area contributed by atoms with Gasteiger partial charge < -0.3 is 5.73 Å². The fourth-order valence-electron chi connectivity index (χ4n) is 2.83. The summed E-state index contributed by atoms with van der Waals surface area (Å²) in [6, 6.07) is 3.42. The third-order valence-electron chi connectivity index (χ3n) is 3.88. The largest absolute Gasteiger partial charge is 0.369 e. The molecule has 1 fully saturated rings. The van der Waals surface area contributed by atoms with Crippen LogP contribution >= 0.6 is 0 Å². The number of hydrogen-bond donors (Lipinski definition) is 2. The number of carbonyl (C=O) groups is 5. The molecule has 5 amide bonds. The zero-order valence-electron chi connectivity index (χ0n) is 12.0. The first kappa shape index (κ1) is 14.9. The van der Waals surface area contributed by atoms with E-state index in [0.29, 0.717) is 5.56 Å². The van der Waals surface area contributed by atoms with Gasteiger partial charge in [0.25, 0.3) is 11.8 Å². The Balaban J connectivity index is 1.92. The molecular formula is C15H13N3O5. The van der Waals surface area contributed by atoms with Crippen LogP contribution in [0.4, 0.5) is 0 Å². The Bertz CT molecular complexity index is 770. The van der Waals surface area contributed by atoms with Crippen LogP contribution in [0.2, 0.25) is 0 Å². The molecule has 1 atom stereocenters. The van der Waals surface area contributed by atoms with Gasteiger partial charge in [-0.15, -0.1) is 0 Å². The van der Waals surface area contributed by atoms with E-state index in [1.807, 2.05) is 0 Å². The Hall–Kier alpha value is -3.03. The van der Waals surface area contributed by atoms with Gasteiger partial charge in [-0.25, -0.2) is 0 Å². The molecule has 8 heteroatoms. The van der Waals surface area contributed by atoms with Gasteiger partial charge in [0.2, 0.25) is 17.7 Å². The van der Waals surface area contributed by atoms with Crippen molar-refractivity contribution in [1.82, 2.24) is 10.2 Å². The molecule has 8 nitrogen and oxygen atoms in total. The fraction of sp³-hybridized carbons (Fsp3) is 0.267. The highest BCUT2D eigenvalue weighted by atomic mass is 16.2. The molecule has 2 aliphatic heterocycles. The minimum Gasteiger partial charge on any atom is -0.369 e. The molecule has 1 aromatic rings. The number of benzene rings is 1. The summed E-state index contributed by atoms with van der Waals surface area (Å²) in [5.41, 5.74) is 5.95. The maximum atomic E-state index is 12.5. The van der Waals surface area contributed by atoms with Crippen LogP contribution < -0.4 is 11.1 Å². The zero-order valence-corrected chi connectivity index (χ0v) is 12.0. The van der Waals surface area contributed by atoms with E-state index in [2.05, 4.69) is 5.32 Å². The van der Waals surface area contributed by atoms with E-state index in [0.717, 1.165) is 4.90 Å². The first-order chi connectivity index (χ1) is 10.9. The molecule has 2 aliphatic rings. The lowest BCUT2D eigenvalue weighted by molar-refractivity contribution is -0.136. The molecule has 23 heavy (non-hydrogen) atoms. The molecule has 1 unspecified atom stereocenters. The summed E-state index contributed by atoms with van der Waals surface area (Å²) in [7, 11) is 0. The van der Waals surface area contributed by atoms with Crippen LogP contribution in [-0.2, 0) is 20.8 Å². The number of piperidine rings is 1. The quantitative estimate of drug-likeness (QED) is 0.700. The van der Waals surface area contributed by atoms with E-state index in [4.69, 9.17) is 5.73 Å². The van der Waals surface area contributed by atoms with Crippen LogP contribution in [0.3, 0.4) is 0 Å². The summed E-state index contributed by atoms with van der Waals surface area (Å²) >= 11 is 0. The van der Waals surface area contributed by atoms with Gasteiger partial charge in [0.15, 0.2) is 0 Å². The number of primary amides is 1. The number of amides is 5. The van der Waals surface area contributed by atoms with Crippen molar-refractivity contribution >= 4 is 29.5 Å². The molecule has 0 radical (unpaired) electrons. The maximum absolute atomic E-state index is 12.5. The van der Waals surface area contributed by atoms with Gasteiger partial charge in [0, 0.05) is 6.42 Å². The van der Waals surface area contributed by atoms with Crippen molar-refractivity contribution in [2.75, 3.05) is 0 Å². The van der Waals surface area contributed by atoms with Gasteiger partial charge in [-0.1, -0.05) is 6.07 Å². The molecule has 118 valence electrons. The van der Waals surface area contributed by atoms with Crippen LogP contribution in [-0.4, -0.2) is 40.5 Å². The van der Waals surface area contributed by atoms with Crippen LogP contribution in [0.1, 0.15) is 39.1 Å². The highest BCUT2D eigenvalue weighted by Gasteiger charge is 2.44. The Morgan fingerprint density at radius 1 is 1.17 bits per heavy atom. The van der Waals surface area contributed by atoms with Crippen molar-refractivity contribution in [3.05, 3.63) is 34.9 Å². The number of rotatable bonds is 3. The monoisotopic (exact) mass is 315 g/mol. The number of nitrogens with one attached hydrogen (secondary N) is 1. The van der Waals surface area contributed by atoms with Gasteiger partial charge in [0.1, 0.15) is 6.04 Å². The van der Waals surface area contributed by atoms with Crippen molar-refractivity contribution < 1.29 is 24.0 Å². The lowest BCUT2D eigenvalue weighted by Crippen LogP contribution is -2.54. The number of hydrogen-bond acceptors (Lipinski definition) is 5. The second-order valence-electron chi connectivity index (χ2n) is 5.47. The van der Waals surface area contributed by atoms with E-state index in [-0.39, 0.29) is 30.4 Å². The summed E-state index contributed by atoms with van der Waals surface area (Å²) in [6.45, 7) is 0. The summed E-state index contributed by atoms with van der Waals surface area (Å²) < 4.78 is 0. The van der Waals surface area contributed by atoms with E-state index in [1.54, 1.807) is 6.07 Å². The van der Waals surface area contributed by atoms with Gasteiger partial charge in [-0.2, -0.15) is 0 Å². The van der Waals surface area contributed by atoms with Crippen molar-refractivity contribution in [3.63, 3.8) is 0 Å². The molecule has 2 heterocycles. The normalized spacial score (nSPS) is 20.5. The van der Waals surface area contributed by atoms with Crippen molar-refractivity contribution in [2.45, 2.75) is 25.3 Å². The van der Waals surface area contributed by atoms with Gasteiger partial charge in [-0.3, -0.25) is 34.2 Å². The molecule has 0 aliphatic carbocycles. The molecule has 0 spiro atoms. The van der Waals surface area contributed by atoms with Crippen molar-refractivity contribution in [3.8, 4) is 0 Å². The fourth-order valence-corrected chi connectivity index (χ4v) is 2.83. The van der Waals surface area contributed by atoms with Gasteiger partial charge in [0.05, 0.1) is 17.5 Å². The lowest BCUT2D eigenvalue weighted by Gasteiger charge is -2.27. The Morgan fingerprint density at radius 2 is 1.87 bits per heavy atom. The number of nitrogens with two attached hydrogens (primary N) is 1. The average molecular weight is 315 g/mol. The number of fused-ring (bicyclic) bond motifs is 1. The Labute approximate surface area is 130 Å². The van der Waals surface area contributed by atoms with E-state index >= 15 is 0 Å². The summed E-state index contributed by atoms with van der Waals surface area (Å²) in [4.78, 5) is 59.9. The SMILES string of the molecule is NC(=O)Cc1ccc2c(c1)C(=O)N(C1CCC(=O)NC1=O)C2=O. The molecule has 3 rings (SSSR count). The highest BCUT2D eigenvalue weighted by Crippen LogP contribution is 2.28. The number of nitrogens with zero attached hydrogens (tertiary/aromatic N) is 1. The molecule has 0 bridgehead atoms. The van der Waals surface area contributed by atoms with Crippen LogP contribution in [0, 0.1) is 0 Å². The van der Waals surface area contributed by atoms with Crippen molar-refractivity contribution in [1.29, 1.82) is 0 Å². The Kier molecular flexibility index (Phi) is 3.44. The van der Waals surface area contributed by atoms with Crippen LogP contribution in [0.25, 0.3) is 0 Å². The summed E-state index contributed by atoms with van der Waals surface area (Å²) in [6.07, 6.45) is 0.119. The number of carbonyl (C=O) groups excluding carboxylic acids is 5. The predicted octanol–water partition coefficient (Wildman–Crippen LogP) is -0.884. The van der Waals surface area contributed by atoms with Gasteiger partial charge >= 0.3 is 0 Å². The van der Waals surface area contributed by atoms with Gasteiger partial charge in [-0.05, 0) is 24.1 Å². The predicted molar refractivity (Wildman–Crippen MR) is 76.0 cm³/mol.